The lowest BCUT2D eigenvalue weighted by atomic mass is 10.0. The molecule has 2 aromatic rings. The van der Waals surface area contributed by atoms with Crippen LogP contribution in [0.1, 0.15) is 32.9 Å². The van der Waals surface area contributed by atoms with E-state index in [1.165, 1.54) is 17.1 Å². The fraction of sp³-hybridized carbons (Fsp3) is 0.480. The normalized spacial score (nSPS) is 20.2. The lowest BCUT2D eigenvalue weighted by Gasteiger charge is -2.50. The van der Waals surface area contributed by atoms with Crippen LogP contribution >= 0.6 is 23.1 Å². The number of nitrogens with one attached hydrogen (secondary N) is 2. The molecule has 17 heteroatoms. The number of fused-ring (bicyclic) bond motifs is 2. The molecule has 0 aromatic carbocycles. The number of anilines is 2. The Hall–Kier alpha value is -4.12. The van der Waals surface area contributed by atoms with Crippen LogP contribution in [0.4, 0.5) is 10.9 Å². The molecule has 2 aromatic heterocycles. The fourth-order valence-corrected chi connectivity index (χ4v) is 6.65. The third-order valence-electron chi connectivity index (χ3n) is 6.46. The number of carboxylic acids is 1. The summed E-state index contributed by atoms with van der Waals surface area (Å²) in [6, 6.07) is 0.882. The number of carbonyl (C=O) groups is 4. The van der Waals surface area contributed by atoms with Crippen LogP contribution in [-0.4, -0.2) is 80.0 Å². The first-order valence-corrected chi connectivity index (χ1v) is 15.0. The summed E-state index contributed by atoms with van der Waals surface area (Å²) >= 11 is 2.39. The summed E-state index contributed by atoms with van der Waals surface area (Å²) in [5.74, 6) is -2.32. The summed E-state index contributed by atoms with van der Waals surface area (Å²) in [5, 5.41) is 22.9. The first-order valence-electron chi connectivity index (χ1n) is 13.1. The molecule has 42 heavy (non-hydrogen) atoms. The van der Waals surface area contributed by atoms with Gasteiger partial charge in [0.05, 0.1) is 24.3 Å². The highest BCUT2D eigenvalue weighted by molar-refractivity contribution is 8.00. The number of rotatable bonds is 9. The number of carbonyl (C=O) groups excluding carboxylic acids is 4. The Bertz CT molecular complexity index is 1490. The van der Waals surface area contributed by atoms with Gasteiger partial charge in [0.1, 0.15) is 22.7 Å². The van der Waals surface area contributed by atoms with Crippen LogP contribution in [0.15, 0.2) is 34.1 Å². The summed E-state index contributed by atoms with van der Waals surface area (Å²) < 4.78 is 9.10. The van der Waals surface area contributed by atoms with Crippen molar-refractivity contribution in [2.75, 3.05) is 30.0 Å². The minimum Gasteiger partial charge on any atom is -0.543 e. The Labute approximate surface area is 248 Å². The zero-order valence-corrected chi connectivity index (χ0v) is 24.8. The smallest absolute Gasteiger partial charge is 0.347 e. The van der Waals surface area contributed by atoms with Gasteiger partial charge in [-0.2, -0.15) is 0 Å². The number of β-lactam (4-membered cyclic amide) rings is 1. The number of amides is 2. The molecular weight excluding hydrogens is 588 g/mol. The zero-order chi connectivity index (χ0) is 30.2. The average Bonchev–Trinajstić information content (AvgIpc) is 3.54. The van der Waals surface area contributed by atoms with Crippen LogP contribution in [-0.2, 0) is 41.8 Å². The Balaban J connectivity index is 1.30. The molecule has 0 spiro atoms. The van der Waals surface area contributed by atoms with Gasteiger partial charge in [-0.1, -0.05) is 5.16 Å². The van der Waals surface area contributed by atoms with E-state index in [-0.39, 0.29) is 28.8 Å². The molecule has 0 aliphatic carbocycles. The third-order valence-corrected chi connectivity index (χ3v) is 8.48. The number of nitrogen functional groups attached to an aromatic ring is 1. The zero-order valence-electron chi connectivity index (χ0n) is 23.1. The van der Waals surface area contributed by atoms with E-state index in [2.05, 4.69) is 20.8 Å². The van der Waals surface area contributed by atoms with Gasteiger partial charge < -0.3 is 35.8 Å². The molecule has 1 saturated heterocycles. The van der Waals surface area contributed by atoms with Crippen LogP contribution in [0.3, 0.4) is 0 Å². The van der Waals surface area contributed by atoms with Gasteiger partial charge in [-0.3, -0.25) is 14.5 Å². The molecule has 3 aliphatic heterocycles. The van der Waals surface area contributed by atoms with E-state index in [4.69, 9.17) is 15.3 Å². The van der Waals surface area contributed by atoms with Gasteiger partial charge in [-0.05, 0) is 27.2 Å². The molecule has 5 rings (SSSR count). The van der Waals surface area contributed by atoms with Crippen molar-refractivity contribution in [3.63, 3.8) is 0 Å². The number of oxime groups is 1. The number of nitrogens with two attached hydrogens (primary N) is 1. The summed E-state index contributed by atoms with van der Waals surface area (Å²) in [5.41, 5.74) is 5.10. The van der Waals surface area contributed by atoms with E-state index >= 15 is 0 Å². The predicted molar refractivity (Wildman–Crippen MR) is 150 cm³/mol. The SMILES string of the molecule is CC(C)(C)OC(=O)CON=C(C(=O)N[C@@H]1C(=O)N2C(C(=O)[O-])=C(C[n+]3ccc4n3CCCN4)CS[C@H]12)c1csc(N)n1. The second-order valence-corrected chi connectivity index (χ2v) is 12.7. The number of carboxylic acid groups (broad SMARTS) is 1. The molecule has 1 fully saturated rings. The summed E-state index contributed by atoms with van der Waals surface area (Å²) in [6.45, 7) is 6.43. The molecule has 2 atom stereocenters. The first-order chi connectivity index (χ1) is 19.9. The standard InChI is InChI=1S/C25H30N8O7S2/c1-25(2,3)40-16(34)10-39-30-17(14-12-42-24(26)28-14)20(35)29-18-21(36)33-19(23(37)38)13(11-41-22(18)33)9-31-8-5-15-27-6-4-7-32(15)31/h5,8,12,18,22H,4,6-7,9-11H2,1-3H3,(H4,26,28,29,35,37,38)/t18-,22-/m1/s1. The number of aromatic nitrogens is 3. The van der Waals surface area contributed by atoms with Crippen molar-refractivity contribution in [2.45, 2.75) is 57.3 Å². The van der Waals surface area contributed by atoms with Gasteiger partial charge in [0.15, 0.2) is 29.4 Å². The number of hydrogen-bond acceptors (Lipinski definition) is 13. The third kappa shape index (κ3) is 6.06. The lowest BCUT2D eigenvalue weighted by molar-refractivity contribution is -0.768. The highest BCUT2D eigenvalue weighted by atomic mass is 32.2. The van der Waals surface area contributed by atoms with E-state index in [0.29, 0.717) is 11.3 Å². The van der Waals surface area contributed by atoms with Gasteiger partial charge in [0, 0.05) is 23.3 Å². The van der Waals surface area contributed by atoms with Crippen molar-refractivity contribution in [2.24, 2.45) is 5.16 Å². The number of esters is 1. The molecule has 5 heterocycles. The number of thiazole rings is 1. The van der Waals surface area contributed by atoms with E-state index in [1.54, 1.807) is 20.8 Å². The van der Waals surface area contributed by atoms with Gasteiger partial charge in [0.25, 0.3) is 11.8 Å². The highest BCUT2D eigenvalue weighted by Crippen LogP contribution is 2.40. The number of hydrogen-bond donors (Lipinski definition) is 3. The van der Waals surface area contributed by atoms with E-state index in [1.807, 2.05) is 21.6 Å². The molecule has 0 saturated carbocycles. The summed E-state index contributed by atoms with van der Waals surface area (Å²) in [4.78, 5) is 61.0. The van der Waals surface area contributed by atoms with Gasteiger partial charge in [0.2, 0.25) is 6.61 Å². The van der Waals surface area contributed by atoms with E-state index in [0.717, 1.165) is 41.6 Å². The van der Waals surface area contributed by atoms with Crippen molar-refractivity contribution in [1.29, 1.82) is 0 Å². The van der Waals surface area contributed by atoms with Gasteiger partial charge in [-0.25, -0.2) is 9.78 Å². The Morgan fingerprint density at radius 1 is 1.36 bits per heavy atom. The number of nitrogens with zero attached hydrogens (tertiary/aromatic N) is 5. The fourth-order valence-electron chi connectivity index (χ4n) is 4.76. The summed E-state index contributed by atoms with van der Waals surface area (Å²) in [6.07, 6.45) is 2.80. The summed E-state index contributed by atoms with van der Waals surface area (Å²) in [7, 11) is 0. The topological polar surface area (TPSA) is 197 Å². The van der Waals surface area contributed by atoms with Crippen LogP contribution < -0.4 is 26.2 Å². The van der Waals surface area contributed by atoms with Crippen molar-refractivity contribution in [1.82, 2.24) is 19.9 Å². The largest absolute Gasteiger partial charge is 0.543 e. The van der Waals surface area contributed by atoms with Crippen molar-refractivity contribution in [3.8, 4) is 0 Å². The maximum Gasteiger partial charge on any atom is 0.347 e. The average molecular weight is 619 g/mol. The number of thioether (sulfide) groups is 1. The maximum absolute atomic E-state index is 13.3. The van der Waals surface area contributed by atoms with Gasteiger partial charge in [-0.15, -0.1) is 32.5 Å². The van der Waals surface area contributed by atoms with Crippen LogP contribution in [0.5, 0.6) is 0 Å². The molecule has 4 N–H and O–H groups in total. The monoisotopic (exact) mass is 618 g/mol. The second-order valence-electron chi connectivity index (χ2n) is 10.7. The molecule has 0 radical (unpaired) electrons. The van der Waals surface area contributed by atoms with E-state index < -0.39 is 47.4 Å². The molecule has 0 unspecified atom stereocenters. The Morgan fingerprint density at radius 3 is 2.83 bits per heavy atom. The number of ether oxygens (including phenoxy) is 1. The molecule has 3 aliphatic rings. The Morgan fingerprint density at radius 2 is 2.14 bits per heavy atom. The highest BCUT2D eigenvalue weighted by Gasteiger charge is 2.53. The van der Waals surface area contributed by atoms with Crippen LogP contribution in [0.25, 0.3) is 0 Å². The minimum atomic E-state index is -1.46. The lowest BCUT2D eigenvalue weighted by Crippen LogP contribution is -2.71. The molecular formula is C25H30N8O7S2. The van der Waals surface area contributed by atoms with Crippen LogP contribution in [0.2, 0.25) is 0 Å². The van der Waals surface area contributed by atoms with Crippen molar-refractivity contribution in [3.05, 3.63) is 34.6 Å². The van der Waals surface area contributed by atoms with Gasteiger partial charge >= 0.3 is 5.97 Å². The molecule has 15 nitrogen and oxygen atoms in total. The predicted octanol–water partition coefficient (Wildman–Crippen LogP) is -1.20. The quantitative estimate of drug-likeness (QED) is 0.100. The first kappa shape index (κ1) is 29.4. The molecule has 2 amide bonds. The number of aliphatic carboxylic acids is 1. The van der Waals surface area contributed by atoms with Crippen LogP contribution in [0, 0.1) is 0 Å². The maximum atomic E-state index is 13.3. The molecule has 0 bridgehead atoms. The van der Waals surface area contributed by atoms with E-state index in [9.17, 15) is 24.3 Å². The second kappa shape index (κ2) is 11.6. The minimum absolute atomic E-state index is 0.0822. The molecule has 224 valence electrons. The van der Waals surface area contributed by atoms with Crippen molar-refractivity contribution >= 4 is 63.5 Å². The van der Waals surface area contributed by atoms with Crippen molar-refractivity contribution < 1.29 is 38.5 Å². The Kier molecular flexibility index (Phi) is 8.14.